The van der Waals surface area contributed by atoms with Crippen molar-refractivity contribution in [3.05, 3.63) is 47.0 Å². The van der Waals surface area contributed by atoms with Gasteiger partial charge in [0.15, 0.2) is 17.7 Å². The fourth-order valence-electron chi connectivity index (χ4n) is 3.74. The minimum Gasteiger partial charge on any atom is -0.492 e. The third kappa shape index (κ3) is 3.26. The van der Waals surface area contributed by atoms with Gasteiger partial charge in [-0.3, -0.25) is 5.32 Å². The summed E-state index contributed by atoms with van der Waals surface area (Å²) in [5.41, 5.74) is 3.92. The molecule has 2 aromatic rings. The monoisotopic (exact) mass is 370 g/mol. The lowest BCUT2D eigenvalue weighted by Gasteiger charge is -2.33. The van der Waals surface area contributed by atoms with Crippen molar-refractivity contribution in [2.45, 2.75) is 19.5 Å². The molecule has 0 aliphatic carbocycles. The van der Waals surface area contributed by atoms with E-state index >= 15 is 0 Å². The number of carbonyl (C=O) groups is 1. The van der Waals surface area contributed by atoms with E-state index in [1.165, 1.54) is 4.90 Å². The number of aryl methyl sites for hydroxylation is 1. The number of hydrogen-bond acceptors (Lipinski definition) is 4. The van der Waals surface area contributed by atoms with Crippen molar-refractivity contribution >= 4 is 11.7 Å². The molecule has 3 N–H and O–H groups in total. The average molecular weight is 370 g/mol. The number of benzene rings is 2. The van der Waals surface area contributed by atoms with Gasteiger partial charge in [0.1, 0.15) is 0 Å². The molecular weight excluding hydrogens is 346 g/mol. The van der Waals surface area contributed by atoms with E-state index in [9.17, 15) is 4.79 Å². The standard InChI is InChI=1S/C20H23N3O4/c1-12-5-4-6-14(9-12)21-20(24)22-19-16-13(7-8-23(19)2)10-15-17(18(16)25-3)27-11-26-15/h4-6,9-10,19H,7-8,11H2,1-3H3,(H2,21,22,24)/p+1/t19-/m0/s1. The van der Waals surface area contributed by atoms with E-state index in [0.717, 1.165) is 35.3 Å². The molecular formula is C20H24N3O4+. The van der Waals surface area contributed by atoms with Gasteiger partial charge in [-0.15, -0.1) is 0 Å². The largest absolute Gasteiger partial charge is 0.492 e. The summed E-state index contributed by atoms with van der Waals surface area (Å²) in [5, 5.41) is 6.01. The predicted molar refractivity (Wildman–Crippen MR) is 101 cm³/mol. The predicted octanol–water partition coefficient (Wildman–Crippen LogP) is 1.62. The Morgan fingerprint density at radius 2 is 2.15 bits per heavy atom. The first kappa shape index (κ1) is 17.5. The van der Waals surface area contributed by atoms with Crippen molar-refractivity contribution in [2.24, 2.45) is 0 Å². The van der Waals surface area contributed by atoms with Crippen LogP contribution in [0.4, 0.5) is 10.5 Å². The van der Waals surface area contributed by atoms with Crippen LogP contribution in [0.3, 0.4) is 0 Å². The van der Waals surface area contributed by atoms with E-state index in [-0.39, 0.29) is 19.0 Å². The molecule has 0 saturated carbocycles. The van der Waals surface area contributed by atoms with Crippen LogP contribution in [-0.2, 0) is 6.42 Å². The summed E-state index contributed by atoms with van der Waals surface area (Å²) >= 11 is 0. The number of methoxy groups -OCH3 is 1. The Hall–Kier alpha value is -2.93. The quantitative estimate of drug-likeness (QED) is 0.768. The number of quaternary nitrogens is 1. The fraction of sp³-hybridized carbons (Fsp3) is 0.350. The van der Waals surface area contributed by atoms with Gasteiger partial charge >= 0.3 is 6.03 Å². The van der Waals surface area contributed by atoms with Crippen LogP contribution >= 0.6 is 0 Å². The van der Waals surface area contributed by atoms with E-state index in [2.05, 4.69) is 17.7 Å². The molecule has 2 atom stereocenters. The van der Waals surface area contributed by atoms with Gasteiger partial charge in [0.05, 0.1) is 26.3 Å². The maximum Gasteiger partial charge on any atom is 0.324 e. The molecule has 4 rings (SSSR count). The summed E-state index contributed by atoms with van der Waals surface area (Å²) in [6.45, 7) is 3.07. The Kier molecular flexibility index (Phi) is 4.53. The molecule has 2 amide bonds. The minimum absolute atomic E-state index is 0.184. The Morgan fingerprint density at radius 1 is 1.30 bits per heavy atom. The van der Waals surface area contributed by atoms with Crippen LogP contribution in [0.5, 0.6) is 17.2 Å². The molecule has 2 aromatic carbocycles. The van der Waals surface area contributed by atoms with Crippen LogP contribution in [-0.4, -0.2) is 33.5 Å². The number of carbonyl (C=O) groups excluding carboxylic acids is 1. The van der Waals surface area contributed by atoms with Crippen LogP contribution in [0.25, 0.3) is 0 Å². The third-order valence-corrected chi connectivity index (χ3v) is 5.07. The lowest BCUT2D eigenvalue weighted by molar-refractivity contribution is -0.917. The Balaban J connectivity index is 1.63. The van der Waals surface area contributed by atoms with Crippen molar-refractivity contribution in [3.8, 4) is 17.2 Å². The molecule has 2 heterocycles. The Morgan fingerprint density at radius 3 is 2.93 bits per heavy atom. The number of fused-ring (bicyclic) bond motifs is 2. The summed E-state index contributed by atoms with van der Waals surface area (Å²) in [7, 11) is 3.68. The minimum atomic E-state index is -0.252. The van der Waals surface area contributed by atoms with E-state index < -0.39 is 0 Å². The average Bonchev–Trinajstić information content (AvgIpc) is 3.10. The number of nitrogens with one attached hydrogen (secondary N) is 3. The van der Waals surface area contributed by atoms with Crippen LogP contribution in [0.1, 0.15) is 22.9 Å². The highest BCUT2D eigenvalue weighted by Gasteiger charge is 2.37. The molecule has 0 spiro atoms. The number of hydrogen-bond donors (Lipinski definition) is 3. The van der Waals surface area contributed by atoms with Gasteiger partial charge in [-0.25, -0.2) is 4.79 Å². The molecule has 0 bridgehead atoms. The van der Waals surface area contributed by atoms with Crippen molar-refractivity contribution in [1.29, 1.82) is 0 Å². The van der Waals surface area contributed by atoms with Crippen molar-refractivity contribution < 1.29 is 23.9 Å². The summed E-state index contributed by atoms with van der Waals surface area (Å²) in [5.74, 6) is 1.95. The zero-order chi connectivity index (χ0) is 19.0. The molecule has 142 valence electrons. The Bertz CT molecular complexity index is 884. The molecule has 7 heteroatoms. The molecule has 0 fully saturated rings. The highest BCUT2D eigenvalue weighted by Crippen LogP contribution is 2.46. The molecule has 0 radical (unpaired) electrons. The molecule has 2 aliphatic rings. The lowest BCUT2D eigenvalue weighted by atomic mass is 9.95. The van der Waals surface area contributed by atoms with Crippen LogP contribution < -0.4 is 29.7 Å². The number of anilines is 1. The third-order valence-electron chi connectivity index (χ3n) is 5.07. The molecule has 0 saturated heterocycles. The number of ether oxygens (including phenoxy) is 3. The van der Waals surface area contributed by atoms with Gasteiger partial charge in [0, 0.05) is 12.1 Å². The number of likely N-dealkylation sites (N-methyl/N-ethyl adjacent to an activating group) is 1. The highest BCUT2D eigenvalue weighted by molar-refractivity contribution is 5.89. The smallest absolute Gasteiger partial charge is 0.324 e. The van der Waals surface area contributed by atoms with Gasteiger partial charge in [-0.2, -0.15) is 0 Å². The molecule has 2 aliphatic heterocycles. The number of amides is 2. The highest BCUT2D eigenvalue weighted by atomic mass is 16.7. The molecule has 27 heavy (non-hydrogen) atoms. The maximum atomic E-state index is 12.6. The zero-order valence-corrected chi connectivity index (χ0v) is 15.7. The van der Waals surface area contributed by atoms with Crippen molar-refractivity contribution in [1.82, 2.24) is 5.32 Å². The van der Waals surface area contributed by atoms with E-state index in [1.54, 1.807) is 7.11 Å². The van der Waals surface area contributed by atoms with Gasteiger partial charge in [0.25, 0.3) is 0 Å². The summed E-state index contributed by atoms with van der Waals surface area (Å²) in [6, 6.07) is 9.46. The first-order chi connectivity index (χ1) is 13.1. The number of urea groups is 1. The molecule has 1 unspecified atom stereocenters. The topological polar surface area (TPSA) is 73.3 Å². The first-order valence-electron chi connectivity index (χ1n) is 9.02. The van der Waals surface area contributed by atoms with Gasteiger partial charge < -0.3 is 24.4 Å². The summed E-state index contributed by atoms with van der Waals surface area (Å²) < 4.78 is 16.8. The molecule has 0 aromatic heterocycles. The lowest BCUT2D eigenvalue weighted by Crippen LogP contribution is -3.12. The van der Waals surface area contributed by atoms with Crippen LogP contribution in [0, 0.1) is 6.92 Å². The fourth-order valence-corrected chi connectivity index (χ4v) is 3.74. The summed E-state index contributed by atoms with van der Waals surface area (Å²) in [4.78, 5) is 13.8. The van der Waals surface area contributed by atoms with Gasteiger partial charge in [-0.1, -0.05) is 12.1 Å². The van der Waals surface area contributed by atoms with Crippen molar-refractivity contribution in [3.63, 3.8) is 0 Å². The second-order valence-electron chi connectivity index (χ2n) is 6.96. The van der Waals surface area contributed by atoms with Crippen LogP contribution in [0.15, 0.2) is 30.3 Å². The Labute approximate surface area is 158 Å². The van der Waals surface area contributed by atoms with Crippen LogP contribution in [0.2, 0.25) is 0 Å². The van der Waals surface area contributed by atoms with Gasteiger partial charge in [-0.05, 0) is 36.2 Å². The van der Waals surface area contributed by atoms with Gasteiger partial charge in [0.2, 0.25) is 12.5 Å². The number of rotatable bonds is 3. The maximum absolute atomic E-state index is 12.6. The normalized spacial score (nSPS) is 20.0. The van der Waals surface area contributed by atoms with E-state index in [0.29, 0.717) is 17.2 Å². The van der Waals surface area contributed by atoms with E-state index in [4.69, 9.17) is 14.2 Å². The zero-order valence-electron chi connectivity index (χ0n) is 15.7. The SMILES string of the molecule is COc1c2c(cc3c1[C@@H](NC(=O)Nc1cccc(C)c1)[NH+](C)CC3)OCO2. The molecule has 7 nitrogen and oxygen atoms in total. The first-order valence-corrected chi connectivity index (χ1v) is 9.02. The second kappa shape index (κ2) is 7.00. The summed E-state index contributed by atoms with van der Waals surface area (Å²) in [6.07, 6.45) is 0.634. The second-order valence-corrected chi connectivity index (χ2v) is 6.96. The van der Waals surface area contributed by atoms with E-state index in [1.807, 2.05) is 37.3 Å². The van der Waals surface area contributed by atoms with Crippen molar-refractivity contribution in [2.75, 3.05) is 32.8 Å².